The average molecular weight is 488 g/mol. The molecule has 4 rings (SSSR count). The third-order valence-electron chi connectivity index (χ3n) is 5.53. The molecule has 5 nitrogen and oxygen atoms in total. The molecule has 2 aromatic carbocycles. The minimum Gasteiger partial charge on any atom is -0.493 e. The Kier molecular flexibility index (Phi) is 7.18. The summed E-state index contributed by atoms with van der Waals surface area (Å²) in [5, 5.41) is 0.539. The van der Waals surface area contributed by atoms with Crippen LogP contribution in [0.2, 0.25) is 5.02 Å². The number of amides is 1. The Bertz CT molecular complexity index is 1080. The molecule has 32 heavy (non-hydrogen) atoms. The number of esters is 1. The van der Waals surface area contributed by atoms with Gasteiger partial charge in [0, 0.05) is 11.1 Å². The van der Waals surface area contributed by atoms with Crippen LogP contribution in [-0.4, -0.2) is 34.2 Å². The summed E-state index contributed by atoms with van der Waals surface area (Å²) in [6.07, 6.45) is 7.29. The first-order valence-electron chi connectivity index (χ1n) is 10.4. The van der Waals surface area contributed by atoms with Crippen molar-refractivity contribution in [1.29, 1.82) is 0 Å². The van der Waals surface area contributed by atoms with Gasteiger partial charge in [-0.3, -0.25) is 9.69 Å². The van der Waals surface area contributed by atoms with Gasteiger partial charge in [0.15, 0.2) is 11.5 Å². The number of thiocarbonyl (C=S) groups is 1. The molecule has 1 saturated heterocycles. The van der Waals surface area contributed by atoms with Crippen LogP contribution in [0.15, 0.2) is 47.4 Å². The van der Waals surface area contributed by atoms with Gasteiger partial charge in [0.1, 0.15) is 4.32 Å². The largest absolute Gasteiger partial charge is 0.493 e. The summed E-state index contributed by atoms with van der Waals surface area (Å²) in [6, 6.07) is 11.8. The average Bonchev–Trinajstić information content (AvgIpc) is 3.08. The van der Waals surface area contributed by atoms with Crippen LogP contribution in [0.4, 0.5) is 0 Å². The van der Waals surface area contributed by atoms with Gasteiger partial charge in [-0.25, -0.2) is 4.79 Å². The van der Waals surface area contributed by atoms with Crippen LogP contribution in [0.3, 0.4) is 0 Å². The van der Waals surface area contributed by atoms with E-state index in [2.05, 4.69) is 0 Å². The predicted octanol–water partition coefficient (Wildman–Crippen LogP) is 6.10. The highest BCUT2D eigenvalue weighted by atomic mass is 35.5. The van der Waals surface area contributed by atoms with Crippen LogP contribution in [-0.2, 0) is 4.79 Å². The summed E-state index contributed by atoms with van der Waals surface area (Å²) < 4.78 is 11.5. The third-order valence-corrected chi connectivity index (χ3v) is 7.11. The number of thioether (sulfide) groups is 1. The van der Waals surface area contributed by atoms with Crippen molar-refractivity contribution in [2.75, 3.05) is 7.11 Å². The molecule has 0 radical (unpaired) electrons. The molecule has 2 fully saturated rings. The number of halogens is 1. The van der Waals surface area contributed by atoms with Gasteiger partial charge in [-0.15, -0.1) is 0 Å². The third kappa shape index (κ3) is 5.00. The second-order valence-corrected chi connectivity index (χ2v) is 9.76. The number of hydrogen-bond donors (Lipinski definition) is 0. The van der Waals surface area contributed by atoms with Crippen molar-refractivity contribution in [3.05, 3.63) is 63.5 Å². The van der Waals surface area contributed by atoms with Gasteiger partial charge in [-0.2, -0.15) is 0 Å². The Morgan fingerprint density at radius 2 is 1.84 bits per heavy atom. The van der Waals surface area contributed by atoms with Gasteiger partial charge in [0.05, 0.1) is 17.6 Å². The van der Waals surface area contributed by atoms with E-state index < -0.39 is 5.97 Å². The molecule has 2 aromatic rings. The molecule has 0 unspecified atom stereocenters. The highest BCUT2D eigenvalue weighted by molar-refractivity contribution is 8.26. The molecule has 1 heterocycles. The number of methoxy groups -OCH3 is 1. The Morgan fingerprint density at radius 1 is 1.12 bits per heavy atom. The van der Waals surface area contributed by atoms with Gasteiger partial charge in [-0.1, -0.05) is 60.9 Å². The molecule has 1 amide bonds. The maximum Gasteiger partial charge on any atom is 0.343 e. The van der Waals surface area contributed by atoms with E-state index in [4.69, 9.17) is 33.3 Å². The van der Waals surface area contributed by atoms with Crippen molar-refractivity contribution in [3.8, 4) is 11.5 Å². The van der Waals surface area contributed by atoms with Gasteiger partial charge >= 0.3 is 5.97 Å². The summed E-state index contributed by atoms with van der Waals surface area (Å²) >= 11 is 12.7. The zero-order chi connectivity index (χ0) is 22.7. The highest BCUT2D eigenvalue weighted by Gasteiger charge is 2.37. The van der Waals surface area contributed by atoms with Gasteiger partial charge in [0.25, 0.3) is 5.91 Å². The van der Waals surface area contributed by atoms with Crippen LogP contribution >= 0.6 is 35.6 Å². The number of ether oxygens (including phenoxy) is 2. The Hall–Kier alpha value is -2.35. The van der Waals surface area contributed by atoms with Crippen LogP contribution in [0.1, 0.15) is 48.0 Å². The molecule has 0 bridgehead atoms. The number of carbonyl (C=O) groups excluding carboxylic acids is 2. The van der Waals surface area contributed by atoms with Crippen molar-refractivity contribution in [1.82, 2.24) is 4.90 Å². The second kappa shape index (κ2) is 10.1. The van der Waals surface area contributed by atoms with Gasteiger partial charge in [0.2, 0.25) is 0 Å². The van der Waals surface area contributed by atoms with E-state index >= 15 is 0 Å². The molecular weight excluding hydrogens is 466 g/mol. The lowest BCUT2D eigenvalue weighted by Gasteiger charge is -2.29. The van der Waals surface area contributed by atoms with E-state index in [0.717, 1.165) is 31.2 Å². The molecule has 166 valence electrons. The van der Waals surface area contributed by atoms with Crippen LogP contribution in [0.25, 0.3) is 6.08 Å². The first kappa shape index (κ1) is 22.8. The molecule has 8 heteroatoms. The van der Waals surface area contributed by atoms with E-state index in [0.29, 0.717) is 31.3 Å². The molecule has 1 aliphatic carbocycles. The normalized spacial score (nSPS) is 18.3. The first-order valence-corrected chi connectivity index (χ1v) is 12.0. The highest BCUT2D eigenvalue weighted by Crippen LogP contribution is 2.38. The predicted molar refractivity (Wildman–Crippen MR) is 131 cm³/mol. The van der Waals surface area contributed by atoms with Gasteiger partial charge in [-0.05, 0) is 60.9 Å². The van der Waals surface area contributed by atoms with Crippen molar-refractivity contribution in [3.63, 3.8) is 0 Å². The fraction of sp³-hybridized carbons (Fsp3) is 0.292. The molecule has 0 aromatic heterocycles. The number of hydrogen-bond acceptors (Lipinski definition) is 6. The lowest BCUT2D eigenvalue weighted by atomic mass is 9.94. The minimum atomic E-state index is -0.513. The molecule has 2 aliphatic rings. The molecule has 1 saturated carbocycles. The van der Waals surface area contributed by atoms with E-state index in [-0.39, 0.29) is 11.9 Å². The van der Waals surface area contributed by atoms with Gasteiger partial charge < -0.3 is 9.47 Å². The topological polar surface area (TPSA) is 55.8 Å². The quantitative estimate of drug-likeness (QED) is 0.220. The van der Waals surface area contributed by atoms with Crippen molar-refractivity contribution >= 4 is 57.9 Å². The summed E-state index contributed by atoms with van der Waals surface area (Å²) in [7, 11) is 1.50. The zero-order valence-electron chi connectivity index (χ0n) is 17.5. The second-order valence-electron chi connectivity index (χ2n) is 7.65. The summed E-state index contributed by atoms with van der Waals surface area (Å²) in [5.74, 6) is 0.133. The molecule has 0 spiro atoms. The number of carbonyl (C=O) groups is 2. The molecule has 0 N–H and O–H groups in total. The smallest absolute Gasteiger partial charge is 0.343 e. The SMILES string of the molecule is COc1cc(/C=C2/SC(=S)N(C3CCCCC3)C2=O)ccc1OC(=O)c1ccc(Cl)cc1. The monoisotopic (exact) mass is 487 g/mol. The first-order chi connectivity index (χ1) is 15.5. The Morgan fingerprint density at radius 3 is 2.53 bits per heavy atom. The van der Waals surface area contributed by atoms with Crippen LogP contribution in [0.5, 0.6) is 11.5 Å². The molecule has 1 aliphatic heterocycles. The summed E-state index contributed by atoms with van der Waals surface area (Å²) in [4.78, 5) is 27.8. The Balaban J connectivity index is 1.51. The van der Waals surface area contributed by atoms with Crippen LogP contribution in [0, 0.1) is 0 Å². The van der Waals surface area contributed by atoms with Crippen molar-refractivity contribution in [2.45, 2.75) is 38.1 Å². The lowest BCUT2D eigenvalue weighted by Crippen LogP contribution is -2.39. The van der Waals surface area contributed by atoms with Crippen molar-refractivity contribution < 1.29 is 19.1 Å². The fourth-order valence-electron chi connectivity index (χ4n) is 3.89. The van der Waals surface area contributed by atoms with E-state index in [1.165, 1.54) is 25.3 Å². The summed E-state index contributed by atoms with van der Waals surface area (Å²) in [6.45, 7) is 0. The lowest BCUT2D eigenvalue weighted by molar-refractivity contribution is -0.124. The Labute approximate surface area is 201 Å². The van der Waals surface area contributed by atoms with E-state index in [1.54, 1.807) is 53.4 Å². The number of benzene rings is 2. The standard InChI is InChI=1S/C24H22ClNO4S2/c1-29-20-13-15(7-12-19(20)30-23(28)16-8-10-17(25)11-9-16)14-21-22(27)26(24(31)32-21)18-5-3-2-4-6-18/h7-14,18H,2-6H2,1H3/b21-14+. The fourth-order valence-corrected chi connectivity index (χ4v) is 5.41. The zero-order valence-corrected chi connectivity index (χ0v) is 19.9. The maximum absolute atomic E-state index is 13.0. The van der Waals surface area contributed by atoms with E-state index in [1.807, 2.05) is 0 Å². The number of rotatable bonds is 5. The molecule has 0 atom stereocenters. The summed E-state index contributed by atoms with van der Waals surface area (Å²) in [5.41, 5.74) is 1.14. The number of nitrogens with zero attached hydrogens (tertiary/aromatic N) is 1. The van der Waals surface area contributed by atoms with E-state index in [9.17, 15) is 9.59 Å². The van der Waals surface area contributed by atoms with Crippen molar-refractivity contribution in [2.24, 2.45) is 0 Å². The minimum absolute atomic E-state index is 0.0379. The van der Waals surface area contributed by atoms with Crippen LogP contribution < -0.4 is 9.47 Å². The maximum atomic E-state index is 13.0. The molecular formula is C24H22ClNO4S2.